The monoisotopic (exact) mass is 485 g/mol. The van der Waals surface area contributed by atoms with Gasteiger partial charge in [0.2, 0.25) is 11.8 Å². The summed E-state index contributed by atoms with van der Waals surface area (Å²) in [7, 11) is 0. The highest BCUT2D eigenvalue weighted by Gasteiger charge is 2.38. The van der Waals surface area contributed by atoms with Gasteiger partial charge in [-0.25, -0.2) is 4.98 Å². The lowest BCUT2D eigenvalue weighted by atomic mass is 10.1. The molecule has 186 valence electrons. The van der Waals surface area contributed by atoms with Crippen molar-refractivity contribution in [2.45, 2.75) is 27.2 Å². The van der Waals surface area contributed by atoms with Gasteiger partial charge in [-0.05, 0) is 68.3 Å². The highest BCUT2D eigenvalue weighted by atomic mass is 16.2. The molecular weight excluding hydrogens is 454 g/mol. The first-order valence-electron chi connectivity index (χ1n) is 12.3. The van der Waals surface area contributed by atoms with Crippen LogP contribution in [0.25, 0.3) is 0 Å². The number of benzene rings is 1. The van der Waals surface area contributed by atoms with Gasteiger partial charge in [-0.3, -0.25) is 9.59 Å². The van der Waals surface area contributed by atoms with Crippen LogP contribution in [-0.4, -0.2) is 64.6 Å². The Morgan fingerprint density at radius 1 is 0.917 bits per heavy atom. The van der Waals surface area contributed by atoms with Crippen molar-refractivity contribution in [1.29, 1.82) is 0 Å². The summed E-state index contributed by atoms with van der Waals surface area (Å²) >= 11 is 0. The third-order valence-electron chi connectivity index (χ3n) is 6.99. The molecule has 2 fully saturated rings. The fraction of sp³-hybridized carbons (Fsp3) is 0.370. The largest absolute Gasteiger partial charge is 0.352 e. The smallest absolute Gasteiger partial charge is 0.228 e. The van der Waals surface area contributed by atoms with Crippen LogP contribution in [0.15, 0.2) is 48.5 Å². The molecule has 0 aliphatic carbocycles. The molecule has 1 aromatic carbocycles. The van der Waals surface area contributed by atoms with E-state index in [1.54, 1.807) is 4.90 Å². The number of hydrogen-bond acceptors (Lipinski definition) is 7. The Morgan fingerprint density at radius 2 is 1.72 bits per heavy atom. The van der Waals surface area contributed by atoms with Crippen molar-refractivity contribution in [2.75, 3.05) is 47.8 Å². The molecule has 2 aliphatic rings. The third-order valence-corrected chi connectivity index (χ3v) is 6.99. The zero-order valence-corrected chi connectivity index (χ0v) is 20.9. The maximum absolute atomic E-state index is 13.2. The van der Waals surface area contributed by atoms with Crippen molar-refractivity contribution in [1.82, 2.24) is 20.1 Å². The number of amides is 2. The third kappa shape index (κ3) is 5.00. The number of carbonyl (C=O) groups is 2. The van der Waals surface area contributed by atoms with Crippen LogP contribution >= 0.6 is 0 Å². The second kappa shape index (κ2) is 9.93. The Morgan fingerprint density at radius 3 is 2.42 bits per heavy atom. The topological polar surface area (TPSA) is 94.6 Å². The molecule has 36 heavy (non-hydrogen) atoms. The molecule has 0 bridgehead atoms. The van der Waals surface area contributed by atoms with Gasteiger partial charge in [-0.1, -0.05) is 12.1 Å². The van der Waals surface area contributed by atoms with Gasteiger partial charge in [-0.2, -0.15) is 0 Å². The average molecular weight is 486 g/mol. The molecule has 0 spiro atoms. The quantitative estimate of drug-likeness (QED) is 0.593. The normalized spacial score (nSPS) is 18.0. The van der Waals surface area contributed by atoms with Gasteiger partial charge < -0.3 is 20.0 Å². The molecule has 2 amide bonds. The predicted octanol–water partition coefficient (Wildman–Crippen LogP) is 3.24. The van der Waals surface area contributed by atoms with E-state index < -0.39 is 0 Å². The lowest BCUT2D eigenvalue weighted by Crippen LogP contribution is -2.51. The van der Waals surface area contributed by atoms with E-state index in [9.17, 15) is 9.59 Å². The molecular formula is C27H31N7O2. The first-order valence-corrected chi connectivity index (χ1v) is 12.3. The van der Waals surface area contributed by atoms with Gasteiger partial charge >= 0.3 is 0 Å². The minimum Gasteiger partial charge on any atom is -0.352 e. The number of carbonyl (C=O) groups excluding carboxylic acids is 2. The highest BCUT2D eigenvalue weighted by Crippen LogP contribution is 2.28. The molecule has 5 rings (SSSR count). The van der Waals surface area contributed by atoms with Crippen LogP contribution in [0.4, 0.5) is 23.1 Å². The standard InChI is InChI=1S/C27H31N7O2/c1-18-7-8-22(15-19(18)2)34-17-21(16-26(34)35)27(36)33-13-11-32(12-14-33)25-10-9-24(30-31-25)29-23-6-4-5-20(3)28-23/h4-10,15,21H,11-14,16-17H2,1-3H3,(H,28,29,30). The number of hydrogen-bond donors (Lipinski definition) is 1. The summed E-state index contributed by atoms with van der Waals surface area (Å²) in [6.45, 7) is 9.02. The molecule has 4 heterocycles. The molecule has 0 saturated carbocycles. The van der Waals surface area contributed by atoms with Crippen LogP contribution in [0.1, 0.15) is 23.2 Å². The summed E-state index contributed by atoms with van der Waals surface area (Å²) in [5.74, 6) is 1.91. The molecule has 1 N–H and O–H groups in total. The number of aromatic nitrogens is 3. The zero-order chi connectivity index (χ0) is 25.2. The maximum Gasteiger partial charge on any atom is 0.228 e. The summed E-state index contributed by atoms with van der Waals surface area (Å²) in [5, 5.41) is 11.8. The van der Waals surface area contributed by atoms with Crippen molar-refractivity contribution in [2.24, 2.45) is 5.92 Å². The number of anilines is 4. The maximum atomic E-state index is 13.2. The summed E-state index contributed by atoms with van der Waals surface area (Å²) in [6, 6.07) is 15.6. The van der Waals surface area contributed by atoms with Crippen molar-refractivity contribution in [3.8, 4) is 0 Å². The number of aryl methyl sites for hydroxylation is 3. The molecule has 2 aromatic heterocycles. The summed E-state index contributed by atoms with van der Waals surface area (Å²) in [4.78, 5) is 36.1. The van der Waals surface area contributed by atoms with Crippen LogP contribution in [0.2, 0.25) is 0 Å². The number of nitrogens with one attached hydrogen (secondary N) is 1. The summed E-state index contributed by atoms with van der Waals surface area (Å²) < 4.78 is 0. The van der Waals surface area contributed by atoms with Crippen LogP contribution < -0.4 is 15.1 Å². The Labute approximate surface area is 211 Å². The first kappa shape index (κ1) is 23.7. The van der Waals surface area contributed by atoms with Gasteiger partial charge in [0.1, 0.15) is 5.82 Å². The molecule has 1 unspecified atom stereocenters. The second-order valence-corrected chi connectivity index (χ2v) is 9.55. The van der Waals surface area contributed by atoms with E-state index in [-0.39, 0.29) is 24.2 Å². The van der Waals surface area contributed by atoms with E-state index in [1.165, 1.54) is 5.56 Å². The fourth-order valence-electron chi connectivity index (χ4n) is 4.73. The van der Waals surface area contributed by atoms with E-state index in [2.05, 4.69) is 32.3 Å². The minimum atomic E-state index is -0.300. The van der Waals surface area contributed by atoms with Crippen LogP contribution in [-0.2, 0) is 9.59 Å². The van der Waals surface area contributed by atoms with Gasteiger partial charge in [0.25, 0.3) is 0 Å². The van der Waals surface area contributed by atoms with Gasteiger partial charge in [0.05, 0.1) is 5.92 Å². The average Bonchev–Trinajstić information content (AvgIpc) is 3.27. The summed E-state index contributed by atoms with van der Waals surface area (Å²) in [6.07, 6.45) is 0.266. The Bertz CT molecular complexity index is 1270. The lowest BCUT2D eigenvalue weighted by Gasteiger charge is -2.36. The highest BCUT2D eigenvalue weighted by molar-refractivity contribution is 6.00. The van der Waals surface area contributed by atoms with Crippen molar-refractivity contribution in [3.63, 3.8) is 0 Å². The predicted molar refractivity (Wildman–Crippen MR) is 139 cm³/mol. The minimum absolute atomic E-state index is 0.0140. The molecule has 9 heteroatoms. The van der Waals surface area contributed by atoms with Crippen LogP contribution in [0, 0.1) is 26.7 Å². The van der Waals surface area contributed by atoms with Crippen molar-refractivity contribution < 1.29 is 9.59 Å². The number of piperazine rings is 1. The number of rotatable bonds is 5. The number of nitrogens with zero attached hydrogens (tertiary/aromatic N) is 6. The van der Waals surface area contributed by atoms with E-state index in [0.717, 1.165) is 28.6 Å². The van der Waals surface area contributed by atoms with Crippen LogP contribution in [0.5, 0.6) is 0 Å². The summed E-state index contributed by atoms with van der Waals surface area (Å²) in [5.41, 5.74) is 4.13. The zero-order valence-electron chi connectivity index (χ0n) is 20.9. The Hall–Kier alpha value is -4.01. The molecule has 1 atom stereocenters. The van der Waals surface area contributed by atoms with Crippen molar-refractivity contribution >= 4 is 35.0 Å². The Kier molecular flexibility index (Phi) is 6.54. The molecule has 2 aliphatic heterocycles. The SMILES string of the molecule is Cc1cccc(Nc2ccc(N3CCN(C(=O)C4CC(=O)N(c5ccc(C)c(C)c5)C4)CC3)nn2)n1. The van der Waals surface area contributed by atoms with Gasteiger partial charge in [-0.15, -0.1) is 10.2 Å². The van der Waals surface area contributed by atoms with E-state index in [4.69, 9.17) is 0 Å². The molecule has 0 radical (unpaired) electrons. The van der Waals surface area contributed by atoms with E-state index in [1.807, 2.05) is 67.3 Å². The second-order valence-electron chi connectivity index (χ2n) is 9.55. The lowest BCUT2D eigenvalue weighted by molar-refractivity contribution is -0.136. The molecule has 2 saturated heterocycles. The first-order chi connectivity index (χ1) is 17.4. The van der Waals surface area contributed by atoms with Crippen LogP contribution in [0.3, 0.4) is 0 Å². The fourth-order valence-corrected chi connectivity index (χ4v) is 4.73. The van der Waals surface area contributed by atoms with E-state index >= 15 is 0 Å². The molecule has 3 aromatic rings. The van der Waals surface area contributed by atoms with Gasteiger partial charge in [0, 0.05) is 50.5 Å². The van der Waals surface area contributed by atoms with Crippen molar-refractivity contribution in [3.05, 3.63) is 65.4 Å². The van der Waals surface area contributed by atoms with E-state index in [0.29, 0.717) is 38.5 Å². The Balaban J connectivity index is 1.15. The molecule has 9 nitrogen and oxygen atoms in total. The number of pyridine rings is 1. The van der Waals surface area contributed by atoms with Gasteiger partial charge in [0.15, 0.2) is 11.6 Å².